The SMILES string of the molecule is NCC(=O)N1CCN(Cc2ccc3c(c2)C(=O)N(C2CCC(=O)NC2=O)C3=O)CC1. The highest BCUT2D eigenvalue weighted by Gasteiger charge is 2.44. The fourth-order valence-electron chi connectivity index (χ4n) is 4.16. The van der Waals surface area contributed by atoms with Crippen LogP contribution < -0.4 is 11.1 Å². The lowest BCUT2D eigenvalue weighted by atomic mass is 10.0. The van der Waals surface area contributed by atoms with Crippen molar-refractivity contribution in [2.45, 2.75) is 25.4 Å². The maximum atomic E-state index is 12.9. The molecule has 4 rings (SSSR count). The molecule has 2 fully saturated rings. The second kappa shape index (κ2) is 7.96. The first-order valence-electron chi connectivity index (χ1n) is 9.93. The van der Waals surface area contributed by atoms with E-state index in [9.17, 15) is 24.0 Å². The Hall–Kier alpha value is -3.11. The number of hydrogen-bond acceptors (Lipinski definition) is 7. The molecule has 5 amide bonds. The van der Waals surface area contributed by atoms with Crippen molar-refractivity contribution in [2.24, 2.45) is 5.73 Å². The maximum absolute atomic E-state index is 12.9. The second-order valence-electron chi connectivity index (χ2n) is 7.69. The molecule has 0 bridgehead atoms. The number of hydrogen-bond donors (Lipinski definition) is 2. The highest BCUT2D eigenvalue weighted by atomic mass is 16.2. The van der Waals surface area contributed by atoms with Gasteiger partial charge in [-0.3, -0.25) is 39.1 Å². The molecule has 3 N–H and O–H groups in total. The molecule has 1 atom stereocenters. The fourth-order valence-corrected chi connectivity index (χ4v) is 4.16. The number of piperidine rings is 1. The second-order valence-corrected chi connectivity index (χ2v) is 7.69. The molecule has 10 heteroatoms. The Labute approximate surface area is 172 Å². The van der Waals surface area contributed by atoms with E-state index >= 15 is 0 Å². The fraction of sp³-hybridized carbons (Fsp3) is 0.450. The van der Waals surface area contributed by atoms with Gasteiger partial charge in [-0.1, -0.05) is 6.07 Å². The average Bonchev–Trinajstić information content (AvgIpc) is 2.98. The lowest BCUT2D eigenvalue weighted by Crippen LogP contribution is -2.54. The van der Waals surface area contributed by atoms with Crippen LogP contribution in [0.5, 0.6) is 0 Å². The summed E-state index contributed by atoms with van der Waals surface area (Å²) in [5, 5.41) is 2.19. The van der Waals surface area contributed by atoms with Crippen molar-refractivity contribution in [3.05, 3.63) is 34.9 Å². The van der Waals surface area contributed by atoms with E-state index in [2.05, 4.69) is 10.2 Å². The number of piperazine rings is 1. The number of fused-ring (bicyclic) bond motifs is 1. The summed E-state index contributed by atoms with van der Waals surface area (Å²) in [5.41, 5.74) is 6.83. The molecule has 0 radical (unpaired) electrons. The number of nitrogens with two attached hydrogens (primary N) is 1. The molecular formula is C20H23N5O5. The molecule has 10 nitrogen and oxygen atoms in total. The number of nitrogens with zero attached hydrogens (tertiary/aromatic N) is 3. The van der Waals surface area contributed by atoms with Crippen molar-refractivity contribution >= 4 is 29.5 Å². The standard InChI is InChI=1S/C20H23N5O5/c21-10-17(27)24-7-5-23(6-8-24)11-12-1-2-13-14(9-12)20(30)25(19(13)29)15-3-4-16(26)22-18(15)28/h1-2,9,15H,3-8,10-11,21H2,(H,22,26,28). The van der Waals surface area contributed by atoms with E-state index in [0.717, 1.165) is 10.5 Å². The average molecular weight is 413 g/mol. The minimum Gasteiger partial charge on any atom is -0.339 e. The summed E-state index contributed by atoms with van der Waals surface area (Å²) in [6, 6.07) is 4.14. The van der Waals surface area contributed by atoms with Crippen molar-refractivity contribution in [3.8, 4) is 0 Å². The summed E-state index contributed by atoms with van der Waals surface area (Å²) >= 11 is 0. The smallest absolute Gasteiger partial charge is 0.262 e. The minimum absolute atomic E-state index is 0.00460. The topological polar surface area (TPSA) is 133 Å². The van der Waals surface area contributed by atoms with Crippen LogP contribution in [0.25, 0.3) is 0 Å². The minimum atomic E-state index is -0.966. The van der Waals surface area contributed by atoms with Crippen LogP contribution in [-0.4, -0.2) is 83.0 Å². The van der Waals surface area contributed by atoms with Gasteiger partial charge in [0.1, 0.15) is 6.04 Å². The molecular weight excluding hydrogens is 390 g/mol. The van der Waals surface area contributed by atoms with Crippen molar-refractivity contribution in [1.29, 1.82) is 0 Å². The lowest BCUT2D eigenvalue weighted by Gasteiger charge is -2.34. The third-order valence-corrected chi connectivity index (χ3v) is 5.81. The molecule has 0 aromatic heterocycles. The Morgan fingerprint density at radius 2 is 1.73 bits per heavy atom. The van der Waals surface area contributed by atoms with Gasteiger partial charge >= 0.3 is 0 Å². The molecule has 3 heterocycles. The summed E-state index contributed by atoms with van der Waals surface area (Å²) in [4.78, 5) is 65.7. The van der Waals surface area contributed by atoms with Gasteiger partial charge in [0.15, 0.2) is 0 Å². The third kappa shape index (κ3) is 3.59. The zero-order valence-corrected chi connectivity index (χ0v) is 16.4. The van der Waals surface area contributed by atoms with Crippen LogP contribution in [0.4, 0.5) is 0 Å². The van der Waals surface area contributed by atoms with Crippen LogP contribution in [0.1, 0.15) is 39.1 Å². The van der Waals surface area contributed by atoms with E-state index in [1.54, 1.807) is 23.1 Å². The van der Waals surface area contributed by atoms with Gasteiger partial charge in [-0.25, -0.2) is 0 Å². The van der Waals surface area contributed by atoms with Crippen molar-refractivity contribution in [3.63, 3.8) is 0 Å². The lowest BCUT2D eigenvalue weighted by molar-refractivity contribution is -0.136. The molecule has 1 unspecified atom stereocenters. The number of rotatable bonds is 4. The highest BCUT2D eigenvalue weighted by Crippen LogP contribution is 2.28. The van der Waals surface area contributed by atoms with E-state index in [0.29, 0.717) is 32.7 Å². The first kappa shape index (κ1) is 20.2. The Bertz CT molecular complexity index is 938. The Morgan fingerprint density at radius 1 is 1.03 bits per heavy atom. The van der Waals surface area contributed by atoms with Crippen LogP contribution in [0.3, 0.4) is 0 Å². The summed E-state index contributed by atoms with van der Waals surface area (Å²) in [6.07, 6.45) is 0.225. The van der Waals surface area contributed by atoms with Gasteiger partial charge < -0.3 is 10.6 Å². The van der Waals surface area contributed by atoms with Crippen molar-refractivity contribution in [2.75, 3.05) is 32.7 Å². The zero-order chi connectivity index (χ0) is 21.4. The summed E-state index contributed by atoms with van der Waals surface area (Å²) in [6.45, 7) is 3.17. The number of carbonyl (C=O) groups is 5. The van der Waals surface area contributed by atoms with Gasteiger partial charge in [-0.05, 0) is 24.1 Å². The number of amides is 5. The van der Waals surface area contributed by atoms with Gasteiger partial charge in [0.25, 0.3) is 11.8 Å². The molecule has 158 valence electrons. The van der Waals surface area contributed by atoms with E-state index in [1.165, 1.54) is 0 Å². The first-order chi connectivity index (χ1) is 14.4. The number of carbonyl (C=O) groups excluding carboxylic acids is 5. The van der Waals surface area contributed by atoms with Crippen molar-refractivity contribution in [1.82, 2.24) is 20.0 Å². The quantitative estimate of drug-likeness (QED) is 0.586. The Kier molecular flexibility index (Phi) is 5.35. The molecule has 0 saturated carbocycles. The first-order valence-corrected chi connectivity index (χ1v) is 9.93. The van der Waals surface area contributed by atoms with E-state index in [1.807, 2.05) is 0 Å². The van der Waals surface area contributed by atoms with Crippen LogP contribution in [0.15, 0.2) is 18.2 Å². The molecule has 1 aromatic carbocycles. The molecule has 0 aliphatic carbocycles. The summed E-state index contributed by atoms with van der Waals surface area (Å²) in [5.74, 6) is -2.10. The molecule has 2 saturated heterocycles. The van der Waals surface area contributed by atoms with E-state index in [4.69, 9.17) is 5.73 Å². The predicted molar refractivity (Wildman–Crippen MR) is 104 cm³/mol. The largest absolute Gasteiger partial charge is 0.339 e. The molecule has 3 aliphatic rings. The van der Waals surface area contributed by atoms with Gasteiger partial charge in [0.2, 0.25) is 17.7 Å². The normalized spacial score (nSPS) is 22.4. The van der Waals surface area contributed by atoms with E-state index in [-0.39, 0.29) is 36.4 Å². The van der Waals surface area contributed by atoms with Crippen molar-refractivity contribution < 1.29 is 24.0 Å². The maximum Gasteiger partial charge on any atom is 0.262 e. The Balaban J connectivity index is 1.45. The van der Waals surface area contributed by atoms with Gasteiger partial charge in [0, 0.05) is 39.1 Å². The molecule has 3 aliphatic heterocycles. The van der Waals surface area contributed by atoms with Crippen LogP contribution in [-0.2, 0) is 20.9 Å². The van der Waals surface area contributed by atoms with Crippen LogP contribution in [0, 0.1) is 0 Å². The van der Waals surface area contributed by atoms with Gasteiger partial charge in [-0.2, -0.15) is 0 Å². The number of imide groups is 2. The van der Waals surface area contributed by atoms with Crippen LogP contribution >= 0.6 is 0 Å². The zero-order valence-electron chi connectivity index (χ0n) is 16.4. The van der Waals surface area contributed by atoms with Gasteiger partial charge in [-0.15, -0.1) is 0 Å². The Morgan fingerprint density at radius 3 is 2.40 bits per heavy atom. The summed E-state index contributed by atoms with van der Waals surface area (Å²) < 4.78 is 0. The molecule has 1 aromatic rings. The highest BCUT2D eigenvalue weighted by molar-refractivity contribution is 6.23. The third-order valence-electron chi connectivity index (χ3n) is 5.81. The molecule has 30 heavy (non-hydrogen) atoms. The number of nitrogens with one attached hydrogen (secondary N) is 1. The van der Waals surface area contributed by atoms with Crippen LogP contribution in [0.2, 0.25) is 0 Å². The number of benzene rings is 1. The summed E-state index contributed by atoms with van der Waals surface area (Å²) in [7, 11) is 0. The molecule has 0 spiro atoms. The predicted octanol–water partition coefficient (Wildman–Crippen LogP) is -1.31. The monoisotopic (exact) mass is 413 g/mol. The van der Waals surface area contributed by atoms with Gasteiger partial charge in [0.05, 0.1) is 17.7 Å². The van der Waals surface area contributed by atoms with E-state index < -0.39 is 29.7 Å².